The molecule has 5 heteroatoms. The van der Waals surface area contributed by atoms with Gasteiger partial charge in [-0.05, 0) is 46.2 Å². The Morgan fingerprint density at radius 3 is 2.35 bits per heavy atom. The summed E-state index contributed by atoms with van der Waals surface area (Å²) >= 11 is 2.13. The first kappa shape index (κ1) is 17.6. The highest BCUT2D eigenvalue weighted by molar-refractivity contribution is 14.1. The molecule has 0 radical (unpaired) electrons. The smallest absolute Gasteiger partial charge is 0.252 e. The van der Waals surface area contributed by atoms with Gasteiger partial charge in [-0.25, -0.2) is 0 Å². The molecule has 0 fully saturated rings. The van der Waals surface area contributed by atoms with Crippen LogP contribution in [0.5, 0.6) is 11.5 Å². The van der Waals surface area contributed by atoms with Crippen LogP contribution in [0, 0.1) is 3.57 Å². The zero-order valence-corrected chi connectivity index (χ0v) is 15.6. The number of hydrogen-bond acceptors (Lipinski definition) is 3. The SMILES string of the molecule is COc1cc(I)c(C(=O)NCC(C)c2ccccc2)cc1OC. The van der Waals surface area contributed by atoms with Crippen molar-refractivity contribution in [1.82, 2.24) is 5.32 Å². The van der Waals surface area contributed by atoms with Crippen molar-refractivity contribution in [3.8, 4) is 11.5 Å². The number of ether oxygens (including phenoxy) is 2. The third kappa shape index (κ3) is 4.37. The van der Waals surface area contributed by atoms with Gasteiger partial charge < -0.3 is 14.8 Å². The van der Waals surface area contributed by atoms with Gasteiger partial charge in [-0.1, -0.05) is 37.3 Å². The van der Waals surface area contributed by atoms with Crippen LogP contribution < -0.4 is 14.8 Å². The quantitative estimate of drug-likeness (QED) is 0.716. The summed E-state index contributed by atoms with van der Waals surface area (Å²) in [6.07, 6.45) is 0. The van der Waals surface area contributed by atoms with E-state index >= 15 is 0 Å². The first-order valence-corrected chi connectivity index (χ1v) is 8.39. The van der Waals surface area contributed by atoms with Gasteiger partial charge in [-0.3, -0.25) is 4.79 Å². The van der Waals surface area contributed by atoms with Gasteiger partial charge in [0.15, 0.2) is 11.5 Å². The molecule has 0 aliphatic rings. The molecular weight excluding hydrogens is 405 g/mol. The minimum absolute atomic E-state index is 0.113. The van der Waals surface area contributed by atoms with E-state index in [9.17, 15) is 4.79 Å². The van der Waals surface area contributed by atoms with Gasteiger partial charge in [0, 0.05) is 10.1 Å². The number of amides is 1. The Morgan fingerprint density at radius 1 is 1.13 bits per heavy atom. The van der Waals surface area contributed by atoms with Crippen LogP contribution in [0.3, 0.4) is 0 Å². The van der Waals surface area contributed by atoms with Crippen molar-refractivity contribution in [2.24, 2.45) is 0 Å². The first-order chi connectivity index (χ1) is 11.1. The molecule has 0 aromatic heterocycles. The van der Waals surface area contributed by atoms with Crippen LogP contribution in [0.15, 0.2) is 42.5 Å². The lowest BCUT2D eigenvalue weighted by Gasteiger charge is -2.15. The van der Waals surface area contributed by atoms with Gasteiger partial charge in [-0.2, -0.15) is 0 Å². The predicted molar refractivity (Wildman–Crippen MR) is 99.5 cm³/mol. The summed E-state index contributed by atoms with van der Waals surface area (Å²) in [6, 6.07) is 13.6. The van der Waals surface area contributed by atoms with E-state index in [2.05, 4.69) is 47.0 Å². The van der Waals surface area contributed by atoms with Crippen molar-refractivity contribution in [2.75, 3.05) is 20.8 Å². The fraction of sp³-hybridized carbons (Fsp3) is 0.278. The monoisotopic (exact) mass is 425 g/mol. The summed E-state index contributed by atoms with van der Waals surface area (Å²) in [5.74, 6) is 1.30. The zero-order chi connectivity index (χ0) is 16.8. The fourth-order valence-electron chi connectivity index (χ4n) is 2.27. The Kier molecular flexibility index (Phi) is 6.27. The number of hydrogen-bond donors (Lipinski definition) is 1. The van der Waals surface area contributed by atoms with Crippen LogP contribution in [0.2, 0.25) is 0 Å². The van der Waals surface area contributed by atoms with Gasteiger partial charge in [0.2, 0.25) is 0 Å². The Balaban J connectivity index is 2.09. The largest absolute Gasteiger partial charge is 0.493 e. The molecule has 1 atom stereocenters. The van der Waals surface area contributed by atoms with E-state index in [1.54, 1.807) is 26.4 Å². The lowest BCUT2D eigenvalue weighted by atomic mass is 10.0. The van der Waals surface area contributed by atoms with E-state index in [-0.39, 0.29) is 11.8 Å². The highest BCUT2D eigenvalue weighted by atomic mass is 127. The molecule has 4 nitrogen and oxygen atoms in total. The molecule has 1 N–H and O–H groups in total. The minimum Gasteiger partial charge on any atom is -0.493 e. The molecule has 23 heavy (non-hydrogen) atoms. The minimum atomic E-state index is -0.113. The van der Waals surface area contributed by atoms with Crippen LogP contribution in [-0.2, 0) is 0 Å². The summed E-state index contributed by atoms with van der Waals surface area (Å²) in [5, 5.41) is 2.99. The van der Waals surface area contributed by atoms with Crippen molar-refractivity contribution >= 4 is 28.5 Å². The first-order valence-electron chi connectivity index (χ1n) is 7.31. The van der Waals surface area contributed by atoms with Crippen molar-refractivity contribution in [3.63, 3.8) is 0 Å². The third-order valence-electron chi connectivity index (χ3n) is 3.66. The van der Waals surface area contributed by atoms with Gasteiger partial charge in [0.05, 0.1) is 19.8 Å². The van der Waals surface area contributed by atoms with Gasteiger partial charge in [0.1, 0.15) is 0 Å². The van der Waals surface area contributed by atoms with Crippen molar-refractivity contribution in [2.45, 2.75) is 12.8 Å². The van der Waals surface area contributed by atoms with Crippen molar-refractivity contribution < 1.29 is 14.3 Å². The van der Waals surface area contributed by atoms with E-state index < -0.39 is 0 Å². The maximum Gasteiger partial charge on any atom is 0.252 e. The molecule has 0 heterocycles. The van der Waals surface area contributed by atoms with Crippen LogP contribution in [-0.4, -0.2) is 26.7 Å². The van der Waals surface area contributed by atoms with Crippen LogP contribution in [0.4, 0.5) is 0 Å². The number of carbonyl (C=O) groups is 1. The number of halogens is 1. The molecule has 1 amide bonds. The standard InChI is InChI=1S/C18H20INO3/c1-12(13-7-5-4-6-8-13)11-20-18(21)14-9-16(22-2)17(23-3)10-15(14)19/h4-10,12H,11H2,1-3H3,(H,20,21). The van der Waals surface area contributed by atoms with Crippen LogP contribution in [0.1, 0.15) is 28.8 Å². The molecule has 0 aliphatic heterocycles. The maximum atomic E-state index is 12.5. The van der Waals surface area contributed by atoms with Crippen molar-refractivity contribution in [1.29, 1.82) is 0 Å². The molecule has 0 aliphatic carbocycles. The highest BCUT2D eigenvalue weighted by Gasteiger charge is 2.16. The lowest BCUT2D eigenvalue weighted by molar-refractivity contribution is 0.0950. The average molecular weight is 425 g/mol. The number of benzene rings is 2. The Bertz CT molecular complexity index is 673. The predicted octanol–water partition coefficient (Wildman–Crippen LogP) is 3.84. The molecule has 0 spiro atoms. The van der Waals surface area contributed by atoms with Crippen molar-refractivity contribution in [3.05, 3.63) is 57.2 Å². The van der Waals surface area contributed by atoms with E-state index in [0.717, 1.165) is 3.57 Å². The Morgan fingerprint density at radius 2 is 1.74 bits per heavy atom. The van der Waals surface area contributed by atoms with E-state index in [1.807, 2.05) is 18.2 Å². The molecule has 1 unspecified atom stereocenters. The second-order valence-electron chi connectivity index (χ2n) is 5.21. The number of carbonyl (C=O) groups excluding carboxylic acids is 1. The Labute approximate surface area is 150 Å². The van der Waals surface area contributed by atoms with Gasteiger partial charge >= 0.3 is 0 Å². The van der Waals surface area contributed by atoms with E-state index in [0.29, 0.717) is 23.6 Å². The van der Waals surface area contributed by atoms with Gasteiger partial charge in [0.25, 0.3) is 5.91 Å². The van der Waals surface area contributed by atoms with Crippen LogP contribution in [0.25, 0.3) is 0 Å². The number of rotatable bonds is 6. The topological polar surface area (TPSA) is 47.6 Å². The molecular formula is C18H20INO3. The Hall–Kier alpha value is -1.76. The molecule has 2 aromatic rings. The van der Waals surface area contributed by atoms with Crippen LogP contribution >= 0.6 is 22.6 Å². The fourth-order valence-corrected chi connectivity index (χ4v) is 2.95. The molecule has 0 saturated carbocycles. The normalized spacial score (nSPS) is 11.7. The molecule has 122 valence electrons. The number of nitrogens with one attached hydrogen (secondary N) is 1. The average Bonchev–Trinajstić information content (AvgIpc) is 2.59. The third-order valence-corrected chi connectivity index (χ3v) is 4.55. The summed E-state index contributed by atoms with van der Waals surface area (Å²) < 4.78 is 11.3. The maximum absolute atomic E-state index is 12.5. The second-order valence-corrected chi connectivity index (χ2v) is 6.37. The lowest BCUT2D eigenvalue weighted by Crippen LogP contribution is -2.28. The highest BCUT2D eigenvalue weighted by Crippen LogP contribution is 2.31. The van der Waals surface area contributed by atoms with E-state index in [1.165, 1.54) is 5.56 Å². The summed E-state index contributed by atoms with van der Waals surface area (Å²) in [6.45, 7) is 2.67. The molecule has 0 saturated heterocycles. The summed E-state index contributed by atoms with van der Waals surface area (Å²) in [7, 11) is 3.14. The van der Waals surface area contributed by atoms with E-state index in [4.69, 9.17) is 9.47 Å². The van der Waals surface area contributed by atoms with Gasteiger partial charge in [-0.15, -0.1) is 0 Å². The second kappa shape index (κ2) is 8.19. The zero-order valence-electron chi connectivity index (χ0n) is 13.4. The molecule has 0 bridgehead atoms. The number of methoxy groups -OCH3 is 2. The molecule has 2 aromatic carbocycles. The summed E-state index contributed by atoms with van der Waals surface area (Å²) in [5.41, 5.74) is 1.79. The summed E-state index contributed by atoms with van der Waals surface area (Å²) in [4.78, 5) is 12.5. The molecule has 2 rings (SSSR count).